The number of benzene rings is 1. The Labute approximate surface area is 139 Å². The van der Waals surface area contributed by atoms with Crippen molar-refractivity contribution in [3.8, 4) is 0 Å². The zero-order valence-corrected chi connectivity index (χ0v) is 14.0. The lowest BCUT2D eigenvalue weighted by molar-refractivity contribution is -0.171. The van der Waals surface area contributed by atoms with Gasteiger partial charge in [-0.15, -0.1) is 0 Å². The Morgan fingerprint density at radius 1 is 1.33 bits per heavy atom. The molecule has 2 bridgehead atoms. The van der Waals surface area contributed by atoms with Crippen LogP contribution in [0.2, 0.25) is 0 Å². The number of ether oxygens (including phenoxy) is 1. The molecule has 1 aromatic rings. The lowest BCUT2D eigenvalue weighted by Crippen LogP contribution is -2.66. The lowest BCUT2D eigenvalue weighted by atomic mass is 9.73. The molecule has 2 aliphatic heterocycles. The molecule has 1 aliphatic carbocycles. The van der Waals surface area contributed by atoms with E-state index in [2.05, 4.69) is 4.74 Å². The first-order valence-electron chi connectivity index (χ1n) is 7.37. The standard InChI is InChI=1S/C16H17NO6S/c1-10-3-5-12(6-4-10)24(21,22)17-11-7-8-16(20,15(17)19)13(9-11)14(18)23-2/h3-8,11,13,20H,9H2,1-2H3/t11-,13-,16-/m1/s1. The number of hydrogen-bond donors (Lipinski definition) is 1. The fourth-order valence-corrected chi connectivity index (χ4v) is 4.71. The second-order valence-corrected chi connectivity index (χ2v) is 7.80. The minimum Gasteiger partial charge on any atom is -0.469 e. The molecule has 3 aliphatic rings. The Bertz CT molecular complexity index is 829. The van der Waals surface area contributed by atoms with Gasteiger partial charge < -0.3 is 9.84 Å². The molecule has 1 saturated heterocycles. The molecule has 2 heterocycles. The highest BCUT2D eigenvalue weighted by Gasteiger charge is 2.60. The Morgan fingerprint density at radius 2 is 1.96 bits per heavy atom. The SMILES string of the molecule is COC(=O)[C@H]1C[C@H]2C=C[C@]1(O)C(=O)N2S(=O)(=O)c1ccc(C)cc1. The summed E-state index contributed by atoms with van der Waals surface area (Å²) in [6.07, 6.45) is 2.61. The molecule has 1 amide bonds. The highest BCUT2D eigenvalue weighted by molar-refractivity contribution is 7.89. The van der Waals surface area contributed by atoms with Gasteiger partial charge in [0.15, 0.2) is 5.60 Å². The van der Waals surface area contributed by atoms with Crippen LogP contribution in [0.1, 0.15) is 12.0 Å². The van der Waals surface area contributed by atoms with Gasteiger partial charge in [-0.1, -0.05) is 23.8 Å². The number of aryl methyl sites for hydroxylation is 1. The number of hydrogen-bond acceptors (Lipinski definition) is 6. The summed E-state index contributed by atoms with van der Waals surface area (Å²) in [5, 5.41) is 10.6. The van der Waals surface area contributed by atoms with E-state index in [1.54, 1.807) is 12.1 Å². The summed E-state index contributed by atoms with van der Waals surface area (Å²) in [6.45, 7) is 1.82. The average Bonchev–Trinajstić information content (AvgIpc) is 2.55. The number of carbonyl (C=O) groups excluding carboxylic acids is 2. The zero-order chi connectivity index (χ0) is 17.7. The first kappa shape index (κ1) is 16.7. The van der Waals surface area contributed by atoms with Gasteiger partial charge in [0.05, 0.1) is 18.0 Å². The number of piperidine rings is 1. The van der Waals surface area contributed by atoms with Crippen LogP contribution in [0.4, 0.5) is 0 Å². The van der Waals surface area contributed by atoms with E-state index in [1.807, 2.05) is 6.92 Å². The topological polar surface area (TPSA) is 101 Å². The minimum atomic E-state index is -4.13. The maximum atomic E-state index is 12.8. The fourth-order valence-electron chi connectivity index (χ4n) is 3.12. The Balaban J connectivity index is 2.03. The summed E-state index contributed by atoms with van der Waals surface area (Å²) in [7, 11) is -2.98. The number of carbonyl (C=O) groups is 2. The molecule has 1 aromatic carbocycles. The van der Waals surface area contributed by atoms with Crippen LogP contribution in [-0.2, 0) is 24.3 Å². The van der Waals surface area contributed by atoms with Crippen LogP contribution in [-0.4, -0.2) is 48.5 Å². The summed E-state index contributed by atoms with van der Waals surface area (Å²) < 4.78 is 30.9. The van der Waals surface area contributed by atoms with Gasteiger partial charge in [0.2, 0.25) is 0 Å². The van der Waals surface area contributed by atoms with E-state index in [1.165, 1.54) is 24.3 Å². The number of sulfonamides is 1. The Kier molecular flexibility index (Phi) is 3.76. The van der Waals surface area contributed by atoms with Crippen molar-refractivity contribution in [1.29, 1.82) is 0 Å². The molecule has 1 fully saturated rings. The van der Waals surface area contributed by atoms with Gasteiger partial charge in [-0.3, -0.25) is 9.59 Å². The molecular weight excluding hydrogens is 334 g/mol. The number of esters is 1. The summed E-state index contributed by atoms with van der Waals surface area (Å²) in [4.78, 5) is 24.5. The molecule has 24 heavy (non-hydrogen) atoms. The average molecular weight is 351 g/mol. The van der Waals surface area contributed by atoms with Crippen molar-refractivity contribution in [3.05, 3.63) is 42.0 Å². The highest BCUT2D eigenvalue weighted by Crippen LogP contribution is 2.42. The number of nitrogens with zero attached hydrogens (tertiary/aromatic N) is 1. The number of rotatable bonds is 3. The molecule has 1 N–H and O–H groups in total. The van der Waals surface area contributed by atoms with E-state index in [0.717, 1.165) is 12.7 Å². The molecule has 0 saturated carbocycles. The molecule has 0 radical (unpaired) electrons. The van der Waals surface area contributed by atoms with E-state index in [9.17, 15) is 23.1 Å². The molecule has 0 aromatic heterocycles. The molecule has 0 spiro atoms. The zero-order valence-electron chi connectivity index (χ0n) is 13.2. The molecule has 8 heteroatoms. The van der Waals surface area contributed by atoms with Crippen LogP contribution < -0.4 is 0 Å². The monoisotopic (exact) mass is 351 g/mol. The van der Waals surface area contributed by atoms with E-state index < -0.39 is 39.5 Å². The first-order chi connectivity index (χ1) is 11.2. The van der Waals surface area contributed by atoms with Crippen LogP contribution in [0, 0.1) is 12.8 Å². The maximum Gasteiger partial charge on any atom is 0.312 e. The fraction of sp³-hybridized carbons (Fsp3) is 0.375. The van der Waals surface area contributed by atoms with Crippen LogP contribution in [0.15, 0.2) is 41.3 Å². The van der Waals surface area contributed by atoms with Gasteiger partial charge in [-0.2, -0.15) is 0 Å². The van der Waals surface area contributed by atoms with Gasteiger partial charge >= 0.3 is 5.97 Å². The third kappa shape index (κ3) is 2.25. The predicted molar refractivity (Wildman–Crippen MR) is 83.2 cm³/mol. The third-order valence-electron chi connectivity index (χ3n) is 4.49. The molecule has 4 rings (SSSR count). The molecule has 3 atom stereocenters. The first-order valence-corrected chi connectivity index (χ1v) is 8.81. The van der Waals surface area contributed by atoms with Crippen molar-refractivity contribution in [2.45, 2.75) is 29.9 Å². The van der Waals surface area contributed by atoms with Crippen molar-refractivity contribution >= 4 is 21.9 Å². The van der Waals surface area contributed by atoms with Crippen molar-refractivity contribution in [1.82, 2.24) is 4.31 Å². The summed E-state index contributed by atoms with van der Waals surface area (Å²) in [6, 6.07) is 5.24. The van der Waals surface area contributed by atoms with Crippen LogP contribution in [0.25, 0.3) is 0 Å². The van der Waals surface area contributed by atoms with Gasteiger partial charge in [-0.25, -0.2) is 12.7 Å². The van der Waals surface area contributed by atoms with Gasteiger partial charge in [0, 0.05) is 0 Å². The molecular formula is C16H17NO6S. The molecule has 128 valence electrons. The number of fused-ring (bicyclic) bond motifs is 2. The normalized spacial score (nSPS) is 29.0. The van der Waals surface area contributed by atoms with E-state index >= 15 is 0 Å². The van der Waals surface area contributed by atoms with Crippen molar-refractivity contribution < 1.29 is 27.9 Å². The summed E-state index contributed by atoms with van der Waals surface area (Å²) in [5.74, 6) is -2.89. The summed E-state index contributed by atoms with van der Waals surface area (Å²) in [5.41, 5.74) is -1.33. The molecule has 0 unspecified atom stereocenters. The number of methoxy groups -OCH3 is 1. The molecule has 7 nitrogen and oxygen atoms in total. The van der Waals surface area contributed by atoms with E-state index in [-0.39, 0.29) is 11.3 Å². The second kappa shape index (κ2) is 5.42. The highest BCUT2D eigenvalue weighted by atomic mass is 32.2. The largest absolute Gasteiger partial charge is 0.469 e. The predicted octanol–water partition coefficient (Wildman–Crippen LogP) is 0.375. The second-order valence-electron chi connectivity index (χ2n) is 5.98. The van der Waals surface area contributed by atoms with Crippen molar-refractivity contribution in [2.24, 2.45) is 5.92 Å². The third-order valence-corrected chi connectivity index (χ3v) is 6.31. The van der Waals surface area contributed by atoms with Gasteiger partial charge in [-0.05, 0) is 31.6 Å². The number of aliphatic hydroxyl groups is 1. The minimum absolute atomic E-state index is 0.0174. The van der Waals surface area contributed by atoms with Crippen LogP contribution in [0.5, 0.6) is 0 Å². The maximum absolute atomic E-state index is 12.8. The van der Waals surface area contributed by atoms with Crippen molar-refractivity contribution in [2.75, 3.05) is 7.11 Å². The van der Waals surface area contributed by atoms with Gasteiger partial charge in [0.1, 0.15) is 5.92 Å². The van der Waals surface area contributed by atoms with Crippen molar-refractivity contribution in [3.63, 3.8) is 0 Å². The lowest BCUT2D eigenvalue weighted by Gasteiger charge is -2.47. The van der Waals surface area contributed by atoms with Crippen LogP contribution >= 0.6 is 0 Å². The van der Waals surface area contributed by atoms with E-state index in [4.69, 9.17) is 0 Å². The Morgan fingerprint density at radius 3 is 2.54 bits per heavy atom. The van der Waals surface area contributed by atoms with E-state index in [0.29, 0.717) is 4.31 Å². The Hall–Kier alpha value is -2.19. The quantitative estimate of drug-likeness (QED) is 0.624. The van der Waals surface area contributed by atoms with Crippen LogP contribution in [0.3, 0.4) is 0 Å². The number of amides is 1. The summed E-state index contributed by atoms with van der Waals surface area (Å²) >= 11 is 0. The van der Waals surface area contributed by atoms with Gasteiger partial charge in [0.25, 0.3) is 15.9 Å². The smallest absolute Gasteiger partial charge is 0.312 e.